The van der Waals surface area contributed by atoms with Crippen LogP contribution in [0.4, 0.5) is 21.0 Å². The molecule has 2 rings (SSSR count). The molecule has 2 aromatic rings. The summed E-state index contributed by atoms with van der Waals surface area (Å²) in [6, 6.07) is 11.4. The number of unbranched alkanes of at least 4 members (excludes halogenated alkanes) is 2. The zero-order chi connectivity index (χ0) is 20.4. The lowest BCUT2D eigenvalue weighted by Gasteiger charge is -2.12. The van der Waals surface area contributed by atoms with Gasteiger partial charge in [-0.2, -0.15) is 0 Å². The molecule has 8 nitrogen and oxygen atoms in total. The van der Waals surface area contributed by atoms with Crippen LogP contribution in [0.1, 0.15) is 26.2 Å². The number of ether oxygens (including phenoxy) is 2. The van der Waals surface area contributed by atoms with Crippen molar-refractivity contribution >= 4 is 23.5 Å². The minimum Gasteiger partial charge on any atom is -0.493 e. The van der Waals surface area contributed by atoms with E-state index in [9.17, 15) is 9.59 Å². The highest BCUT2D eigenvalue weighted by atomic mass is 16.5. The van der Waals surface area contributed by atoms with Crippen LogP contribution < -0.4 is 25.4 Å². The summed E-state index contributed by atoms with van der Waals surface area (Å²) in [6.45, 7) is 2.76. The van der Waals surface area contributed by atoms with Crippen molar-refractivity contribution < 1.29 is 24.2 Å². The molecule has 28 heavy (non-hydrogen) atoms. The maximum atomic E-state index is 11.8. The van der Waals surface area contributed by atoms with Gasteiger partial charge in [0.05, 0.1) is 7.11 Å². The number of carbonyl (C=O) groups excluding carboxylic acids is 1. The number of methoxy groups -OCH3 is 1. The van der Waals surface area contributed by atoms with Crippen LogP contribution in [-0.2, 0) is 0 Å². The number of hydrogen-bond donors (Lipinski definition) is 4. The van der Waals surface area contributed by atoms with E-state index in [-0.39, 0.29) is 6.03 Å². The standard InChI is InChI=1S/C20H25N3O5/c1-3-4-5-12-21-19(24)22-14-6-9-16(10-7-14)28-17-11-8-15(23-20(25)26)13-18(17)27-2/h6-11,13,23H,3-5,12H2,1-2H3,(H,25,26)(H2,21,22,24). The second kappa shape index (κ2) is 10.7. The normalized spacial score (nSPS) is 10.1. The lowest BCUT2D eigenvalue weighted by Crippen LogP contribution is -2.29. The average Bonchev–Trinajstić information content (AvgIpc) is 2.67. The molecule has 4 N–H and O–H groups in total. The van der Waals surface area contributed by atoms with Gasteiger partial charge in [0, 0.05) is 24.0 Å². The Bertz CT molecular complexity index is 793. The van der Waals surface area contributed by atoms with Gasteiger partial charge in [-0.1, -0.05) is 19.8 Å². The summed E-state index contributed by atoms with van der Waals surface area (Å²) < 4.78 is 11.0. The molecule has 0 unspecified atom stereocenters. The molecule has 0 aromatic heterocycles. The Balaban J connectivity index is 1.95. The Morgan fingerprint density at radius 3 is 2.32 bits per heavy atom. The number of carboxylic acid groups (broad SMARTS) is 1. The van der Waals surface area contributed by atoms with Gasteiger partial charge in [-0.3, -0.25) is 5.32 Å². The number of carbonyl (C=O) groups is 2. The number of anilines is 2. The minimum absolute atomic E-state index is 0.243. The van der Waals surface area contributed by atoms with Crippen LogP contribution in [0.15, 0.2) is 42.5 Å². The first kappa shape index (κ1) is 20.9. The Labute approximate surface area is 163 Å². The van der Waals surface area contributed by atoms with Crippen LogP contribution in [0.2, 0.25) is 0 Å². The van der Waals surface area contributed by atoms with Crippen molar-refractivity contribution in [3.8, 4) is 17.2 Å². The second-order valence-electron chi connectivity index (χ2n) is 6.01. The molecule has 0 saturated heterocycles. The van der Waals surface area contributed by atoms with E-state index < -0.39 is 6.09 Å². The summed E-state index contributed by atoms with van der Waals surface area (Å²) in [5, 5.41) is 16.6. The molecule has 0 fully saturated rings. The molecule has 0 bridgehead atoms. The molecule has 150 valence electrons. The van der Waals surface area contributed by atoms with Gasteiger partial charge >= 0.3 is 12.1 Å². The molecule has 0 aliphatic rings. The second-order valence-corrected chi connectivity index (χ2v) is 6.01. The average molecular weight is 387 g/mol. The third-order valence-corrected chi connectivity index (χ3v) is 3.82. The summed E-state index contributed by atoms with van der Waals surface area (Å²) in [4.78, 5) is 22.5. The van der Waals surface area contributed by atoms with Crippen molar-refractivity contribution in [2.45, 2.75) is 26.2 Å². The van der Waals surface area contributed by atoms with Gasteiger partial charge in [-0.15, -0.1) is 0 Å². The molecule has 0 radical (unpaired) electrons. The monoisotopic (exact) mass is 387 g/mol. The van der Waals surface area contributed by atoms with E-state index in [1.54, 1.807) is 36.4 Å². The van der Waals surface area contributed by atoms with Crippen LogP contribution in [-0.4, -0.2) is 30.9 Å². The number of nitrogens with one attached hydrogen (secondary N) is 3. The Morgan fingerprint density at radius 2 is 1.68 bits per heavy atom. The highest BCUT2D eigenvalue weighted by Crippen LogP contribution is 2.34. The largest absolute Gasteiger partial charge is 0.493 e. The van der Waals surface area contributed by atoms with Crippen molar-refractivity contribution in [1.29, 1.82) is 0 Å². The summed E-state index contributed by atoms with van der Waals surface area (Å²) >= 11 is 0. The van der Waals surface area contributed by atoms with E-state index in [4.69, 9.17) is 14.6 Å². The molecule has 2 aromatic carbocycles. The third kappa shape index (κ3) is 6.71. The highest BCUT2D eigenvalue weighted by Gasteiger charge is 2.09. The highest BCUT2D eigenvalue weighted by molar-refractivity contribution is 5.89. The molecule has 8 heteroatoms. The van der Waals surface area contributed by atoms with E-state index in [2.05, 4.69) is 22.9 Å². The summed E-state index contributed by atoms with van der Waals surface area (Å²) in [6.07, 6.45) is 1.99. The number of urea groups is 1. The van der Waals surface area contributed by atoms with Gasteiger partial charge in [0.2, 0.25) is 0 Å². The van der Waals surface area contributed by atoms with Crippen molar-refractivity contribution in [2.75, 3.05) is 24.3 Å². The van der Waals surface area contributed by atoms with Gasteiger partial charge in [0.15, 0.2) is 11.5 Å². The molecule has 0 aliphatic heterocycles. The minimum atomic E-state index is -1.16. The van der Waals surface area contributed by atoms with Crippen LogP contribution in [0.5, 0.6) is 17.2 Å². The smallest absolute Gasteiger partial charge is 0.409 e. The van der Waals surface area contributed by atoms with E-state index in [0.29, 0.717) is 35.2 Å². The molecule has 3 amide bonds. The number of benzene rings is 2. The molecule has 0 atom stereocenters. The molecular formula is C20H25N3O5. The zero-order valence-electron chi connectivity index (χ0n) is 16.0. The van der Waals surface area contributed by atoms with Crippen molar-refractivity contribution in [2.24, 2.45) is 0 Å². The SMILES string of the molecule is CCCCCNC(=O)Nc1ccc(Oc2ccc(NC(=O)O)cc2OC)cc1. The molecular weight excluding hydrogens is 362 g/mol. The number of rotatable bonds is 9. The number of hydrogen-bond acceptors (Lipinski definition) is 4. The van der Waals surface area contributed by atoms with E-state index in [1.165, 1.54) is 13.2 Å². The first-order valence-electron chi connectivity index (χ1n) is 9.02. The van der Waals surface area contributed by atoms with Gasteiger partial charge in [0.25, 0.3) is 0 Å². The van der Waals surface area contributed by atoms with Crippen LogP contribution in [0.3, 0.4) is 0 Å². The first-order valence-corrected chi connectivity index (χ1v) is 9.02. The van der Waals surface area contributed by atoms with E-state index in [0.717, 1.165) is 19.3 Å². The van der Waals surface area contributed by atoms with Gasteiger partial charge < -0.3 is 25.2 Å². The maximum Gasteiger partial charge on any atom is 0.409 e. The van der Waals surface area contributed by atoms with Crippen molar-refractivity contribution in [3.63, 3.8) is 0 Å². The predicted octanol–water partition coefficient (Wildman–Crippen LogP) is 4.89. The molecule has 0 spiro atoms. The Hall–Kier alpha value is -3.42. The first-order chi connectivity index (χ1) is 13.5. The van der Waals surface area contributed by atoms with Gasteiger partial charge in [0.1, 0.15) is 5.75 Å². The van der Waals surface area contributed by atoms with E-state index >= 15 is 0 Å². The molecule has 0 heterocycles. The third-order valence-electron chi connectivity index (χ3n) is 3.82. The van der Waals surface area contributed by atoms with Crippen molar-refractivity contribution in [1.82, 2.24) is 5.32 Å². The predicted molar refractivity (Wildman–Crippen MR) is 108 cm³/mol. The summed E-state index contributed by atoms with van der Waals surface area (Å²) in [5.41, 5.74) is 1.02. The molecule has 0 saturated carbocycles. The molecule has 0 aliphatic carbocycles. The van der Waals surface area contributed by atoms with Crippen molar-refractivity contribution in [3.05, 3.63) is 42.5 Å². The summed E-state index contributed by atoms with van der Waals surface area (Å²) in [7, 11) is 1.47. The Morgan fingerprint density at radius 1 is 0.964 bits per heavy atom. The fraction of sp³-hybridized carbons (Fsp3) is 0.300. The van der Waals surface area contributed by atoms with Crippen LogP contribution >= 0.6 is 0 Å². The van der Waals surface area contributed by atoms with E-state index in [1.807, 2.05) is 0 Å². The lowest BCUT2D eigenvalue weighted by molar-refractivity contribution is 0.209. The van der Waals surface area contributed by atoms with Crippen LogP contribution in [0.25, 0.3) is 0 Å². The maximum absolute atomic E-state index is 11.8. The fourth-order valence-corrected chi connectivity index (χ4v) is 2.44. The van der Waals surface area contributed by atoms with Gasteiger partial charge in [-0.05, 0) is 42.8 Å². The topological polar surface area (TPSA) is 109 Å². The van der Waals surface area contributed by atoms with Crippen LogP contribution in [0, 0.1) is 0 Å². The summed E-state index contributed by atoms with van der Waals surface area (Å²) in [5.74, 6) is 1.37. The quantitative estimate of drug-likeness (QED) is 0.458. The number of amides is 3. The fourth-order valence-electron chi connectivity index (χ4n) is 2.44. The van der Waals surface area contributed by atoms with Gasteiger partial charge in [-0.25, -0.2) is 9.59 Å². The lowest BCUT2D eigenvalue weighted by atomic mass is 10.2. The zero-order valence-corrected chi connectivity index (χ0v) is 16.0. The Kier molecular flexibility index (Phi) is 7.95.